The summed E-state index contributed by atoms with van der Waals surface area (Å²) in [6.45, 7) is 4.07. The Morgan fingerprint density at radius 1 is 1.14 bits per heavy atom. The Balaban J connectivity index is 2.73. The van der Waals surface area contributed by atoms with E-state index in [1.807, 2.05) is 31.2 Å². The van der Waals surface area contributed by atoms with Crippen molar-refractivity contribution in [2.75, 3.05) is 19.5 Å². The number of hydrogen-bond acceptors (Lipinski definition) is 4. The van der Waals surface area contributed by atoms with Crippen molar-refractivity contribution in [1.29, 1.82) is 0 Å². The number of hydrogen-bond donors (Lipinski definition) is 1. The SMILES string of the molecule is CCCCCCC(C)(Nc1ccc(OC)cc1)C(=O)OC. The first kappa shape index (κ1) is 17.3. The normalized spacial score (nSPS) is 13.3. The number of carbonyl (C=O) groups excluding carboxylic acids is 1. The third-order valence-corrected chi connectivity index (χ3v) is 3.68. The molecule has 0 aliphatic carbocycles. The van der Waals surface area contributed by atoms with Gasteiger partial charge in [0.15, 0.2) is 0 Å². The highest BCUT2D eigenvalue weighted by atomic mass is 16.5. The summed E-state index contributed by atoms with van der Waals surface area (Å²) in [6.07, 6.45) is 5.27. The van der Waals surface area contributed by atoms with Crippen LogP contribution in [0.5, 0.6) is 5.75 Å². The van der Waals surface area contributed by atoms with Gasteiger partial charge in [0.25, 0.3) is 0 Å². The first-order valence-corrected chi connectivity index (χ1v) is 7.56. The minimum Gasteiger partial charge on any atom is -0.497 e. The Morgan fingerprint density at radius 2 is 1.81 bits per heavy atom. The summed E-state index contributed by atoms with van der Waals surface area (Å²) in [4.78, 5) is 12.1. The van der Waals surface area contributed by atoms with Gasteiger partial charge in [-0.2, -0.15) is 0 Å². The molecular weight excluding hydrogens is 266 g/mol. The van der Waals surface area contributed by atoms with Gasteiger partial charge in [-0.3, -0.25) is 0 Å². The van der Waals surface area contributed by atoms with Gasteiger partial charge in [0.2, 0.25) is 0 Å². The van der Waals surface area contributed by atoms with E-state index in [-0.39, 0.29) is 5.97 Å². The molecule has 21 heavy (non-hydrogen) atoms. The number of nitrogens with one attached hydrogen (secondary N) is 1. The number of ether oxygens (including phenoxy) is 2. The van der Waals surface area contributed by atoms with Crippen LogP contribution in [0, 0.1) is 0 Å². The number of unbranched alkanes of at least 4 members (excludes halogenated alkanes) is 3. The van der Waals surface area contributed by atoms with E-state index in [1.165, 1.54) is 20.0 Å². The third-order valence-electron chi connectivity index (χ3n) is 3.68. The number of anilines is 1. The van der Waals surface area contributed by atoms with Crippen molar-refractivity contribution in [2.24, 2.45) is 0 Å². The zero-order valence-corrected chi connectivity index (χ0v) is 13.6. The van der Waals surface area contributed by atoms with Crippen LogP contribution >= 0.6 is 0 Å². The molecule has 0 saturated carbocycles. The van der Waals surface area contributed by atoms with E-state index in [9.17, 15) is 4.79 Å². The predicted octanol–water partition coefficient (Wildman–Crippen LogP) is 4.01. The summed E-state index contributed by atoms with van der Waals surface area (Å²) >= 11 is 0. The van der Waals surface area contributed by atoms with Gasteiger partial charge >= 0.3 is 5.97 Å². The molecular formula is C17H27NO3. The maximum Gasteiger partial charge on any atom is 0.331 e. The molecule has 0 saturated heterocycles. The molecule has 0 radical (unpaired) electrons. The third kappa shape index (κ3) is 5.29. The van der Waals surface area contributed by atoms with Gasteiger partial charge in [0.05, 0.1) is 14.2 Å². The fourth-order valence-electron chi connectivity index (χ4n) is 2.34. The molecule has 0 spiro atoms. The van der Waals surface area contributed by atoms with E-state index in [0.717, 1.165) is 30.7 Å². The highest BCUT2D eigenvalue weighted by molar-refractivity contribution is 5.84. The van der Waals surface area contributed by atoms with E-state index in [4.69, 9.17) is 9.47 Å². The maximum atomic E-state index is 12.1. The second-order valence-corrected chi connectivity index (χ2v) is 5.49. The van der Waals surface area contributed by atoms with Crippen LogP contribution in [-0.2, 0) is 9.53 Å². The van der Waals surface area contributed by atoms with Crippen molar-refractivity contribution in [3.8, 4) is 5.75 Å². The summed E-state index contributed by atoms with van der Waals surface area (Å²) in [6, 6.07) is 7.56. The van der Waals surface area contributed by atoms with Gasteiger partial charge in [-0.1, -0.05) is 32.6 Å². The fourth-order valence-corrected chi connectivity index (χ4v) is 2.34. The maximum absolute atomic E-state index is 12.1. The van der Waals surface area contributed by atoms with Gasteiger partial charge in [-0.05, 0) is 37.6 Å². The number of methoxy groups -OCH3 is 2. The van der Waals surface area contributed by atoms with E-state index in [2.05, 4.69) is 12.2 Å². The molecule has 0 amide bonds. The molecule has 0 fully saturated rings. The summed E-state index contributed by atoms with van der Waals surface area (Å²) < 4.78 is 10.1. The van der Waals surface area contributed by atoms with Crippen molar-refractivity contribution in [3.63, 3.8) is 0 Å². The lowest BCUT2D eigenvalue weighted by Crippen LogP contribution is -2.44. The lowest BCUT2D eigenvalue weighted by atomic mass is 9.93. The molecule has 1 aromatic carbocycles. The zero-order chi connectivity index (χ0) is 15.7. The molecule has 0 aliphatic heterocycles. The van der Waals surface area contributed by atoms with Gasteiger partial charge in [-0.15, -0.1) is 0 Å². The molecule has 4 heteroatoms. The van der Waals surface area contributed by atoms with Crippen LogP contribution in [-0.4, -0.2) is 25.7 Å². The van der Waals surface area contributed by atoms with Crippen molar-refractivity contribution < 1.29 is 14.3 Å². The van der Waals surface area contributed by atoms with Crippen molar-refractivity contribution in [3.05, 3.63) is 24.3 Å². The molecule has 118 valence electrons. The highest BCUT2D eigenvalue weighted by Crippen LogP contribution is 2.24. The summed E-state index contributed by atoms with van der Waals surface area (Å²) in [5, 5.41) is 3.30. The van der Waals surface area contributed by atoms with Gasteiger partial charge in [-0.25, -0.2) is 4.79 Å². The Hall–Kier alpha value is -1.71. The van der Waals surface area contributed by atoms with Crippen LogP contribution in [0.1, 0.15) is 46.0 Å². The lowest BCUT2D eigenvalue weighted by molar-refractivity contribution is -0.145. The minimum atomic E-state index is -0.697. The predicted molar refractivity (Wildman–Crippen MR) is 85.8 cm³/mol. The topological polar surface area (TPSA) is 47.6 Å². The van der Waals surface area contributed by atoms with E-state index < -0.39 is 5.54 Å². The minimum absolute atomic E-state index is 0.227. The van der Waals surface area contributed by atoms with Gasteiger partial charge in [0, 0.05) is 5.69 Å². The van der Waals surface area contributed by atoms with Gasteiger partial charge in [0.1, 0.15) is 11.3 Å². The van der Waals surface area contributed by atoms with Crippen LogP contribution in [0.15, 0.2) is 24.3 Å². The van der Waals surface area contributed by atoms with E-state index >= 15 is 0 Å². The van der Waals surface area contributed by atoms with E-state index in [0.29, 0.717) is 0 Å². The van der Waals surface area contributed by atoms with Gasteiger partial charge < -0.3 is 14.8 Å². The van der Waals surface area contributed by atoms with Crippen molar-refractivity contribution in [2.45, 2.75) is 51.5 Å². The molecule has 0 aliphatic rings. The average molecular weight is 293 g/mol. The first-order valence-electron chi connectivity index (χ1n) is 7.56. The number of benzene rings is 1. The highest BCUT2D eigenvalue weighted by Gasteiger charge is 2.33. The molecule has 1 aromatic rings. The van der Waals surface area contributed by atoms with Crippen LogP contribution in [0.2, 0.25) is 0 Å². The summed E-state index contributed by atoms with van der Waals surface area (Å²) in [7, 11) is 3.07. The molecule has 1 unspecified atom stereocenters. The molecule has 1 N–H and O–H groups in total. The Morgan fingerprint density at radius 3 is 2.33 bits per heavy atom. The molecule has 1 atom stereocenters. The number of rotatable bonds is 9. The summed E-state index contributed by atoms with van der Waals surface area (Å²) in [5.74, 6) is 0.568. The van der Waals surface area contributed by atoms with Crippen molar-refractivity contribution in [1.82, 2.24) is 0 Å². The second kappa shape index (κ2) is 8.55. The zero-order valence-electron chi connectivity index (χ0n) is 13.6. The molecule has 0 heterocycles. The summed E-state index contributed by atoms with van der Waals surface area (Å²) in [5.41, 5.74) is 0.191. The quantitative estimate of drug-likeness (QED) is 0.552. The van der Waals surface area contributed by atoms with Crippen LogP contribution in [0.3, 0.4) is 0 Å². The van der Waals surface area contributed by atoms with Crippen molar-refractivity contribution >= 4 is 11.7 Å². The smallest absolute Gasteiger partial charge is 0.331 e. The molecule has 0 aromatic heterocycles. The number of esters is 1. The Bertz CT molecular complexity index is 430. The Labute approximate surface area is 127 Å². The Kier molecular flexibility index (Phi) is 7.06. The van der Waals surface area contributed by atoms with Crippen LogP contribution in [0.4, 0.5) is 5.69 Å². The molecule has 0 bridgehead atoms. The van der Waals surface area contributed by atoms with Crippen LogP contribution in [0.25, 0.3) is 0 Å². The monoisotopic (exact) mass is 293 g/mol. The fraction of sp³-hybridized carbons (Fsp3) is 0.588. The molecule has 1 rings (SSSR count). The second-order valence-electron chi connectivity index (χ2n) is 5.49. The lowest BCUT2D eigenvalue weighted by Gasteiger charge is -2.29. The molecule has 4 nitrogen and oxygen atoms in total. The average Bonchev–Trinajstić information content (AvgIpc) is 2.51. The van der Waals surface area contributed by atoms with Crippen LogP contribution < -0.4 is 10.1 Å². The van der Waals surface area contributed by atoms with E-state index in [1.54, 1.807) is 7.11 Å². The standard InChI is InChI=1S/C17H27NO3/c1-5-6-7-8-13-17(2,16(19)21-4)18-14-9-11-15(20-3)12-10-14/h9-12,18H,5-8,13H2,1-4H3. The first-order chi connectivity index (χ1) is 10.1. The largest absolute Gasteiger partial charge is 0.497 e. The number of carbonyl (C=O) groups is 1.